The molecule has 0 radical (unpaired) electrons. The summed E-state index contributed by atoms with van der Waals surface area (Å²) in [5, 5.41) is 8.29. The summed E-state index contributed by atoms with van der Waals surface area (Å²) in [6.07, 6.45) is 3.52. The molecule has 1 atom stereocenters. The normalized spacial score (nSPS) is 12.1. The summed E-state index contributed by atoms with van der Waals surface area (Å²) in [6, 6.07) is 0. The second-order valence-electron chi connectivity index (χ2n) is 3.33. The number of carbonyl (C=O) groups excluding carboxylic acids is 2. The molecule has 0 fully saturated rings. The van der Waals surface area contributed by atoms with Gasteiger partial charge >= 0.3 is 0 Å². The van der Waals surface area contributed by atoms with Crippen LogP contribution in [0.5, 0.6) is 0 Å². The minimum atomic E-state index is -0.565. The Hall–Kier alpha value is -1.10. The molecule has 0 aromatic carbocycles. The number of primary amides is 1. The zero-order valence-electron chi connectivity index (χ0n) is 8.45. The van der Waals surface area contributed by atoms with Crippen LogP contribution < -0.4 is 11.2 Å². The molecule has 14 heavy (non-hydrogen) atoms. The molecule has 0 aliphatic heterocycles. The highest BCUT2D eigenvalue weighted by molar-refractivity contribution is 5.84. The Balaban J connectivity index is 3.90. The topological polar surface area (TPSA) is 92.4 Å². The third-order valence-electron chi connectivity index (χ3n) is 2.12. The fraction of sp³-hybridized carbons (Fsp3) is 0.778. The van der Waals surface area contributed by atoms with Crippen LogP contribution in [0.2, 0.25) is 0 Å². The van der Waals surface area contributed by atoms with Crippen molar-refractivity contribution in [3.63, 3.8) is 0 Å². The van der Waals surface area contributed by atoms with Crippen LogP contribution in [0.15, 0.2) is 0 Å². The molecule has 0 saturated carbocycles. The third-order valence-corrected chi connectivity index (χ3v) is 2.12. The van der Waals surface area contributed by atoms with E-state index in [0.717, 1.165) is 19.3 Å². The molecule has 0 heterocycles. The Bertz CT molecular complexity index is 194. The second-order valence-corrected chi connectivity index (χ2v) is 3.33. The van der Waals surface area contributed by atoms with Gasteiger partial charge in [-0.25, -0.2) is 5.48 Å². The number of hydroxylamine groups is 1. The van der Waals surface area contributed by atoms with E-state index in [4.69, 9.17) is 10.9 Å². The van der Waals surface area contributed by atoms with Crippen molar-refractivity contribution in [1.29, 1.82) is 0 Å². The van der Waals surface area contributed by atoms with Gasteiger partial charge in [0.15, 0.2) is 0 Å². The third kappa shape index (κ3) is 5.53. The summed E-state index contributed by atoms with van der Waals surface area (Å²) >= 11 is 0. The Morgan fingerprint density at radius 3 is 2.50 bits per heavy atom. The molecule has 4 N–H and O–H groups in total. The van der Waals surface area contributed by atoms with Crippen LogP contribution in [0.3, 0.4) is 0 Å². The van der Waals surface area contributed by atoms with E-state index in [-0.39, 0.29) is 6.42 Å². The highest BCUT2D eigenvalue weighted by atomic mass is 16.5. The first kappa shape index (κ1) is 12.9. The van der Waals surface area contributed by atoms with Crippen molar-refractivity contribution < 1.29 is 14.8 Å². The standard InChI is InChI=1S/C9H18N2O3/c1-2-3-4-5-7(9(10)13)6-8(12)11-14/h7,14H,2-6H2,1H3,(H2,10,13)(H,11,12)/t7-/m1/s1. The van der Waals surface area contributed by atoms with E-state index in [1.165, 1.54) is 5.48 Å². The predicted molar refractivity (Wildman–Crippen MR) is 51.4 cm³/mol. The predicted octanol–water partition coefficient (Wildman–Crippen LogP) is 0.564. The Labute approximate surface area is 83.6 Å². The fourth-order valence-electron chi connectivity index (χ4n) is 1.26. The smallest absolute Gasteiger partial charge is 0.244 e. The lowest BCUT2D eigenvalue weighted by Gasteiger charge is -2.11. The maximum absolute atomic E-state index is 10.9. The van der Waals surface area contributed by atoms with E-state index < -0.39 is 17.7 Å². The van der Waals surface area contributed by atoms with Gasteiger partial charge in [-0.05, 0) is 6.42 Å². The quantitative estimate of drug-likeness (QED) is 0.320. The molecule has 0 aliphatic rings. The summed E-state index contributed by atoms with van der Waals surface area (Å²) < 4.78 is 0. The molecule has 0 aromatic heterocycles. The van der Waals surface area contributed by atoms with Crippen molar-refractivity contribution in [3.05, 3.63) is 0 Å². The highest BCUT2D eigenvalue weighted by Gasteiger charge is 2.18. The first-order valence-corrected chi connectivity index (χ1v) is 4.84. The van der Waals surface area contributed by atoms with Crippen molar-refractivity contribution in [3.8, 4) is 0 Å². The maximum atomic E-state index is 10.9. The van der Waals surface area contributed by atoms with Gasteiger partial charge in [0, 0.05) is 12.3 Å². The van der Waals surface area contributed by atoms with Crippen LogP contribution in [0, 0.1) is 5.92 Å². The number of rotatable bonds is 7. The van der Waals surface area contributed by atoms with E-state index in [1.807, 2.05) is 0 Å². The highest BCUT2D eigenvalue weighted by Crippen LogP contribution is 2.13. The largest absolute Gasteiger partial charge is 0.369 e. The summed E-state index contributed by atoms with van der Waals surface area (Å²) in [7, 11) is 0. The fourth-order valence-corrected chi connectivity index (χ4v) is 1.26. The number of hydrogen-bond acceptors (Lipinski definition) is 3. The summed E-state index contributed by atoms with van der Waals surface area (Å²) in [4.78, 5) is 21.7. The zero-order valence-corrected chi connectivity index (χ0v) is 8.45. The van der Waals surface area contributed by atoms with Gasteiger partial charge in [0.1, 0.15) is 0 Å². The van der Waals surface area contributed by atoms with Crippen molar-refractivity contribution in [1.82, 2.24) is 5.48 Å². The summed E-state index contributed by atoms with van der Waals surface area (Å²) in [5.74, 6) is -1.51. The van der Waals surface area contributed by atoms with E-state index in [1.54, 1.807) is 0 Å². The molecular weight excluding hydrogens is 184 g/mol. The Morgan fingerprint density at radius 2 is 2.07 bits per heavy atom. The van der Waals surface area contributed by atoms with Gasteiger partial charge in [-0.2, -0.15) is 0 Å². The van der Waals surface area contributed by atoms with Crippen molar-refractivity contribution in [2.24, 2.45) is 11.7 Å². The van der Waals surface area contributed by atoms with E-state index in [2.05, 4.69) is 6.92 Å². The number of amides is 2. The number of carbonyl (C=O) groups is 2. The molecule has 82 valence electrons. The molecule has 0 bridgehead atoms. The van der Waals surface area contributed by atoms with Gasteiger partial charge in [-0.3, -0.25) is 14.8 Å². The van der Waals surface area contributed by atoms with Crippen molar-refractivity contribution >= 4 is 11.8 Å². The molecule has 0 aliphatic carbocycles. The number of nitrogens with one attached hydrogen (secondary N) is 1. The molecule has 0 aromatic rings. The molecule has 2 amide bonds. The van der Waals surface area contributed by atoms with E-state index in [9.17, 15) is 9.59 Å². The lowest BCUT2D eigenvalue weighted by molar-refractivity contribution is -0.133. The van der Waals surface area contributed by atoms with Gasteiger partial charge in [0.05, 0.1) is 0 Å². The average molecular weight is 202 g/mol. The molecular formula is C9H18N2O3. The molecule has 0 saturated heterocycles. The Kier molecular flexibility index (Phi) is 6.74. The number of nitrogens with two attached hydrogens (primary N) is 1. The minimum Gasteiger partial charge on any atom is -0.369 e. The van der Waals surface area contributed by atoms with Gasteiger partial charge < -0.3 is 5.73 Å². The zero-order chi connectivity index (χ0) is 11.0. The maximum Gasteiger partial charge on any atom is 0.244 e. The van der Waals surface area contributed by atoms with Crippen LogP contribution in [0.1, 0.15) is 39.0 Å². The van der Waals surface area contributed by atoms with E-state index in [0.29, 0.717) is 6.42 Å². The van der Waals surface area contributed by atoms with Crippen LogP contribution in [-0.2, 0) is 9.59 Å². The Morgan fingerprint density at radius 1 is 1.43 bits per heavy atom. The SMILES string of the molecule is CCCCC[C@H](CC(=O)NO)C(N)=O. The molecule has 0 rings (SSSR count). The van der Waals surface area contributed by atoms with Gasteiger partial charge in [0.25, 0.3) is 0 Å². The van der Waals surface area contributed by atoms with Crippen molar-refractivity contribution in [2.75, 3.05) is 0 Å². The first-order chi connectivity index (χ1) is 6.61. The summed E-state index contributed by atoms with van der Waals surface area (Å²) in [6.45, 7) is 2.06. The van der Waals surface area contributed by atoms with Crippen LogP contribution in [0.25, 0.3) is 0 Å². The van der Waals surface area contributed by atoms with Gasteiger partial charge in [0.2, 0.25) is 11.8 Å². The average Bonchev–Trinajstić information content (AvgIpc) is 2.16. The van der Waals surface area contributed by atoms with Crippen LogP contribution in [-0.4, -0.2) is 17.0 Å². The molecule has 5 nitrogen and oxygen atoms in total. The van der Waals surface area contributed by atoms with Crippen LogP contribution >= 0.6 is 0 Å². The molecule has 0 unspecified atom stereocenters. The monoisotopic (exact) mass is 202 g/mol. The van der Waals surface area contributed by atoms with Gasteiger partial charge in [-0.15, -0.1) is 0 Å². The molecule has 5 heteroatoms. The van der Waals surface area contributed by atoms with Crippen LogP contribution in [0.4, 0.5) is 0 Å². The lowest BCUT2D eigenvalue weighted by atomic mass is 9.97. The minimum absolute atomic E-state index is 0.0322. The first-order valence-electron chi connectivity index (χ1n) is 4.84. The second kappa shape index (κ2) is 7.32. The van der Waals surface area contributed by atoms with Crippen molar-refractivity contribution in [2.45, 2.75) is 39.0 Å². The number of hydrogen-bond donors (Lipinski definition) is 3. The number of unbranched alkanes of at least 4 members (excludes halogenated alkanes) is 2. The van der Waals surface area contributed by atoms with E-state index >= 15 is 0 Å². The summed E-state index contributed by atoms with van der Waals surface area (Å²) in [5.41, 5.74) is 6.62. The van der Waals surface area contributed by atoms with Gasteiger partial charge in [-0.1, -0.05) is 26.2 Å². The lowest BCUT2D eigenvalue weighted by Crippen LogP contribution is -2.30. The molecule has 0 spiro atoms.